The first-order valence-electron chi connectivity index (χ1n) is 6.01. The minimum absolute atomic E-state index is 0.163. The Kier molecular flexibility index (Phi) is 2.82. The first-order chi connectivity index (χ1) is 8.88. The molecule has 0 aliphatic rings. The second-order valence-corrected chi connectivity index (χ2v) is 4.28. The molecular weight excluding hydrogens is 224 g/mol. The van der Waals surface area contributed by atoms with Gasteiger partial charge in [-0.05, 0) is 28.8 Å². The fraction of sp³-hybridized carbons (Fsp3) is 0.133. The Hall–Kier alpha value is -2.13. The summed E-state index contributed by atoms with van der Waals surface area (Å²) in [7, 11) is 0. The van der Waals surface area contributed by atoms with Gasteiger partial charge in [-0.15, -0.1) is 0 Å². The fourth-order valence-electron chi connectivity index (χ4n) is 2.25. The Balaban J connectivity index is 2.27. The van der Waals surface area contributed by atoms with E-state index < -0.39 is 0 Å². The highest BCUT2D eigenvalue weighted by atomic mass is 16.2. The highest BCUT2D eigenvalue weighted by Gasteiger charge is 2.07. The molecule has 0 saturated heterocycles. The van der Waals surface area contributed by atoms with E-state index in [9.17, 15) is 0 Å². The molecule has 0 saturated carbocycles. The second-order valence-electron chi connectivity index (χ2n) is 4.28. The van der Waals surface area contributed by atoms with E-state index in [1.54, 1.807) is 6.20 Å². The van der Waals surface area contributed by atoms with Crippen LogP contribution in [0.3, 0.4) is 0 Å². The van der Waals surface area contributed by atoms with Gasteiger partial charge in [0.2, 0.25) is 0 Å². The van der Waals surface area contributed by atoms with Gasteiger partial charge in [-0.1, -0.05) is 30.3 Å². The van der Waals surface area contributed by atoms with Crippen molar-refractivity contribution in [3.8, 4) is 11.4 Å². The van der Waals surface area contributed by atoms with Crippen molar-refractivity contribution >= 4 is 10.8 Å². The molecule has 0 aliphatic heterocycles. The second kappa shape index (κ2) is 4.63. The Labute approximate surface area is 105 Å². The van der Waals surface area contributed by atoms with Crippen molar-refractivity contribution in [2.24, 2.45) is 0 Å². The molecule has 2 aromatic carbocycles. The molecule has 0 amide bonds. The number of nitrogens with one attached hydrogen (secondary N) is 1. The quantitative estimate of drug-likeness (QED) is 0.737. The van der Waals surface area contributed by atoms with Gasteiger partial charge in [0.25, 0.3) is 0 Å². The summed E-state index contributed by atoms with van der Waals surface area (Å²) in [4.78, 5) is 7.46. The molecule has 0 fully saturated rings. The van der Waals surface area contributed by atoms with Crippen molar-refractivity contribution in [3.63, 3.8) is 0 Å². The number of H-pyrrole nitrogens is 1. The van der Waals surface area contributed by atoms with Crippen molar-refractivity contribution in [1.29, 1.82) is 0 Å². The van der Waals surface area contributed by atoms with Crippen molar-refractivity contribution < 1.29 is 5.11 Å². The molecule has 0 unspecified atom stereocenters. The van der Waals surface area contributed by atoms with E-state index in [-0.39, 0.29) is 6.61 Å². The van der Waals surface area contributed by atoms with Crippen LogP contribution in [0, 0.1) is 0 Å². The van der Waals surface area contributed by atoms with Gasteiger partial charge in [0.15, 0.2) is 0 Å². The van der Waals surface area contributed by atoms with Gasteiger partial charge in [0, 0.05) is 24.6 Å². The average Bonchev–Trinajstić information content (AvgIpc) is 2.92. The zero-order valence-electron chi connectivity index (χ0n) is 9.93. The van der Waals surface area contributed by atoms with E-state index in [0.717, 1.165) is 17.0 Å². The highest BCUT2D eigenvalue weighted by molar-refractivity contribution is 5.95. The lowest BCUT2D eigenvalue weighted by molar-refractivity contribution is 0.299. The van der Waals surface area contributed by atoms with Crippen LogP contribution in [0.2, 0.25) is 0 Å². The van der Waals surface area contributed by atoms with Crippen LogP contribution in [-0.2, 0) is 6.42 Å². The van der Waals surface area contributed by atoms with Crippen LogP contribution in [0.15, 0.2) is 48.8 Å². The summed E-state index contributed by atoms with van der Waals surface area (Å²) in [5, 5.41) is 11.4. The van der Waals surface area contributed by atoms with Crippen molar-refractivity contribution in [3.05, 3.63) is 54.4 Å². The van der Waals surface area contributed by atoms with Crippen molar-refractivity contribution in [1.82, 2.24) is 9.97 Å². The number of rotatable bonds is 3. The lowest BCUT2D eigenvalue weighted by Crippen LogP contribution is -1.93. The minimum Gasteiger partial charge on any atom is -0.396 e. The van der Waals surface area contributed by atoms with Gasteiger partial charge in [0.05, 0.1) is 0 Å². The number of aromatic amines is 1. The lowest BCUT2D eigenvalue weighted by atomic mass is 9.99. The molecular formula is C15H14N2O. The zero-order valence-corrected chi connectivity index (χ0v) is 9.93. The summed E-state index contributed by atoms with van der Waals surface area (Å²) in [6, 6.07) is 12.4. The van der Waals surface area contributed by atoms with E-state index in [4.69, 9.17) is 5.11 Å². The first-order valence-corrected chi connectivity index (χ1v) is 6.01. The predicted octanol–water partition coefficient (Wildman–Crippen LogP) is 2.76. The minimum atomic E-state index is 0.163. The van der Waals surface area contributed by atoms with Crippen LogP contribution in [0.4, 0.5) is 0 Å². The normalized spacial score (nSPS) is 10.9. The Bertz CT molecular complexity index is 659. The number of nitrogens with zero attached hydrogens (tertiary/aromatic N) is 1. The largest absolute Gasteiger partial charge is 0.396 e. The molecule has 2 N–H and O–H groups in total. The fourth-order valence-corrected chi connectivity index (χ4v) is 2.25. The van der Waals surface area contributed by atoms with Gasteiger partial charge in [-0.25, -0.2) is 4.98 Å². The van der Waals surface area contributed by atoms with Crippen molar-refractivity contribution in [2.75, 3.05) is 6.61 Å². The van der Waals surface area contributed by atoms with Crippen LogP contribution < -0.4 is 0 Å². The smallest absolute Gasteiger partial charge is 0.137 e. The van der Waals surface area contributed by atoms with Gasteiger partial charge in [0.1, 0.15) is 5.82 Å². The molecule has 1 aromatic heterocycles. The predicted molar refractivity (Wildman–Crippen MR) is 72.3 cm³/mol. The molecule has 3 heteroatoms. The number of aliphatic hydroxyl groups is 1. The third-order valence-electron chi connectivity index (χ3n) is 3.08. The number of fused-ring (bicyclic) bond motifs is 1. The summed E-state index contributed by atoms with van der Waals surface area (Å²) in [6.45, 7) is 0.163. The summed E-state index contributed by atoms with van der Waals surface area (Å²) < 4.78 is 0. The molecule has 0 radical (unpaired) electrons. The van der Waals surface area contributed by atoms with Crippen LogP contribution in [-0.4, -0.2) is 21.7 Å². The molecule has 0 spiro atoms. The van der Waals surface area contributed by atoms with Crippen LogP contribution >= 0.6 is 0 Å². The molecule has 18 heavy (non-hydrogen) atoms. The molecule has 3 nitrogen and oxygen atoms in total. The molecule has 90 valence electrons. The summed E-state index contributed by atoms with van der Waals surface area (Å²) in [5.74, 6) is 0.867. The maximum atomic E-state index is 9.09. The van der Waals surface area contributed by atoms with Crippen molar-refractivity contribution in [2.45, 2.75) is 6.42 Å². The van der Waals surface area contributed by atoms with E-state index in [1.807, 2.05) is 18.3 Å². The zero-order chi connectivity index (χ0) is 12.4. The number of aliphatic hydroxyl groups excluding tert-OH is 1. The van der Waals surface area contributed by atoms with Crippen LogP contribution in [0.1, 0.15) is 5.56 Å². The molecule has 0 bridgehead atoms. The maximum absolute atomic E-state index is 9.09. The van der Waals surface area contributed by atoms with E-state index in [1.165, 1.54) is 10.8 Å². The van der Waals surface area contributed by atoms with Crippen LogP contribution in [0.5, 0.6) is 0 Å². The van der Waals surface area contributed by atoms with E-state index >= 15 is 0 Å². The molecule has 0 aliphatic carbocycles. The number of imidazole rings is 1. The molecule has 3 aromatic rings. The lowest BCUT2D eigenvalue weighted by Gasteiger charge is -2.08. The monoisotopic (exact) mass is 238 g/mol. The summed E-state index contributed by atoms with van der Waals surface area (Å²) in [5.41, 5.74) is 2.21. The Morgan fingerprint density at radius 1 is 1.17 bits per heavy atom. The third-order valence-corrected chi connectivity index (χ3v) is 3.08. The SMILES string of the molecule is OCCc1cc(-c2ncc[nH]2)c2ccccc2c1. The van der Waals surface area contributed by atoms with E-state index in [0.29, 0.717) is 6.42 Å². The van der Waals surface area contributed by atoms with Gasteiger partial charge < -0.3 is 10.1 Å². The standard InChI is InChI=1S/C15H14N2O/c18-8-5-11-9-12-3-1-2-4-13(12)14(10-11)15-16-6-7-17-15/h1-4,6-7,9-10,18H,5,8H2,(H,16,17). The average molecular weight is 238 g/mol. The third kappa shape index (κ3) is 1.89. The summed E-state index contributed by atoms with van der Waals surface area (Å²) in [6.07, 6.45) is 4.24. The van der Waals surface area contributed by atoms with Gasteiger partial charge in [-0.3, -0.25) is 0 Å². The van der Waals surface area contributed by atoms with Crippen LogP contribution in [0.25, 0.3) is 22.2 Å². The number of benzene rings is 2. The molecule has 1 heterocycles. The maximum Gasteiger partial charge on any atom is 0.137 e. The van der Waals surface area contributed by atoms with Gasteiger partial charge in [-0.2, -0.15) is 0 Å². The topological polar surface area (TPSA) is 48.9 Å². The number of hydrogen-bond acceptors (Lipinski definition) is 2. The molecule has 3 rings (SSSR count). The van der Waals surface area contributed by atoms with Gasteiger partial charge >= 0.3 is 0 Å². The Morgan fingerprint density at radius 2 is 2.06 bits per heavy atom. The number of aromatic nitrogens is 2. The Morgan fingerprint density at radius 3 is 2.83 bits per heavy atom. The molecule has 0 atom stereocenters. The van der Waals surface area contributed by atoms with E-state index in [2.05, 4.69) is 34.2 Å². The summed E-state index contributed by atoms with van der Waals surface area (Å²) >= 11 is 0. The number of hydrogen-bond donors (Lipinski definition) is 2. The highest BCUT2D eigenvalue weighted by Crippen LogP contribution is 2.28. The first kappa shape index (κ1) is 11.0.